The molecule has 4 unspecified atom stereocenters. The SMILES string of the molecule is CC(C)c1ccc(-c2ccc(Oc3cc(C(=O)NC4CCN(C5CCOCC5F)CC4F)c(F)cc3CN3C[C@@H](C)CC3=O)cc2)nn1. The summed E-state index contributed by atoms with van der Waals surface area (Å²) in [6.45, 7) is 7.51. The van der Waals surface area contributed by atoms with Crippen molar-refractivity contribution < 1.29 is 32.2 Å². The fraction of sp³-hybridized carbons (Fsp3) is 0.500. The standard InChI is InChI=1S/C36H42F3N5O4/c1-21(2)30-8-9-31(42-41-30)23-4-6-25(7-5-23)48-34-16-26(27(37)15-24(34)18-44-17-22(3)14-35(44)45)36(46)40-32-10-12-43(19-28(32)38)33-11-13-47-20-29(33)39/h4-9,15-16,21-22,28-29,32-33H,10-14,17-20H2,1-3H3,(H,40,46)/t22-,28?,29?,32?,33?/m0/s1. The second-order valence-corrected chi connectivity index (χ2v) is 13.5. The lowest BCUT2D eigenvalue weighted by Crippen LogP contribution is -2.57. The average Bonchev–Trinajstić information content (AvgIpc) is 3.39. The highest BCUT2D eigenvalue weighted by Gasteiger charge is 2.38. The molecule has 12 heteroatoms. The monoisotopic (exact) mass is 665 g/mol. The second-order valence-electron chi connectivity index (χ2n) is 13.5. The summed E-state index contributed by atoms with van der Waals surface area (Å²) in [4.78, 5) is 29.4. The molecule has 256 valence electrons. The highest BCUT2D eigenvalue weighted by Crippen LogP contribution is 2.33. The third-order valence-electron chi connectivity index (χ3n) is 9.43. The fourth-order valence-corrected chi connectivity index (χ4v) is 6.68. The Morgan fingerprint density at radius 2 is 1.85 bits per heavy atom. The molecule has 1 aromatic heterocycles. The van der Waals surface area contributed by atoms with Gasteiger partial charge in [0.15, 0.2) is 0 Å². The van der Waals surface area contributed by atoms with Gasteiger partial charge in [0.05, 0.1) is 29.6 Å². The van der Waals surface area contributed by atoms with Crippen molar-refractivity contribution in [3.8, 4) is 22.8 Å². The Bertz CT molecular complexity index is 1610. The van der Waals surface area contributed by atoms with Crippen LogP contribution in [0, 0.1) is 11.7 Å². The minimum atomic E-state index is -1.45. The van der Waals surface area contributed by atoms with Crippen molar-refractivity contribution in [2.45, 2.75) is 76.9 Å². The summed E-state index contributed by atoms with van der Waals surface area (Å²) in [5.41, 5.74) is 2.52. The highest BCUT2D eigenvalue weighted by atomic mass is 19.1. The molecule has 0 spiro atoms. The van der Waals surface area contributed by atoms with E-state index in [2.05, 4.69) is 15.5 Å². The molecule has 3 aliphatic rings. The third kappa shape index (κ3) is 7.65. The van der Waals surface area contributed by atoms with Gasteiger partial charge in [-0.05, 0) is 73.2 Å². The summed E-state index contributed by atoms with van der Waals surface area (Å²) < 4.78 is 56.7. The van der Waals surface area contributed by atoms with Crippen molar-refractivity contribution in [1.82, 2.24) is 25.3 Å². The molecule has 0 bridgehead atoms. The molecule has 3 saturated heterocycles. The van der Waals surface area contributed by atoms with Gasteiger partial charge in [0, 0.05) is 56.4 Å². The number of piperidine rings is 1. The van der Waals surface area contributed by atoms with Gasteiger partial charge in [0.25, 0.3) is 5.91 Å². The van der Waals surface area contributed by atoms with Gasteiger partial charge in [-0.2, -0.15) is 10.2 Å². The van der Waals surface area contributed by atoms with Crippen LogP contribution in [-0.4, -0.2) is 89.1 Å². The number of rotatable bonds is 9. The van der Waals surface area contributed by atoms with Gasteiger partial charge in [-0.3, -0.25) is 14.5 Å². The Labute approximate surface area is 278 Å². The lowest BCUT2D eigenvalue weighted by atomic mass is 9.97. The van der Waals surface area contributed by atoms with E-state index in [0.717, 1.165) is 11.3 Å². The topological polar surface area (TPSA) is 96.9 Å². The predicted molar refractivity (Wildman–Crippen MR) is 174 cm³/mol. The zero-order chi connectivity index (χ0) is 33.9. The molecule has 2 aromatic carbocycles. The Balaban J connectivity index is 1.20. The first kappa shape index (κ1) is 33.9. The smallest absolute Gasteiger partial charge is 0.254 e. The molecule has 1 N–H and O–H groups in total. The van der Waals surface area contributed by atoms with E-state index in [0.29, 0.717) is 49.5 Å². The summed E-state index contributed by atoms with van der Waals surface area (Å²) in [5.74, 6) is -0.539. The van der Waals surface area contributed by atoms with Crippen LogP contribution in [0.1, 0.15) is 67.6 Å². The maximum absolute atomic E-state index is 15.6. The van der Waals surface area contributed by atoms with Crippen molar-refractivity contribution in [3.63, 3.8) is 0 Å². The van der Waals surface area contributed by atoms with E-state index in [1.807, 2.05) is 45.0 Å². The van der Waals surface area contributed by atoms with Crippen molar-refractivity contribution in [1.29, 1.82) is 0 Å². The zero-order valence-electron chi connectivity index (χ0n) is 27.5. The molecule has 0 aliphatic carbocycles. The van der Waals surface area contributed by atoms with Crippen molar-refractivity contribution in [2.75, 3.05) is 32.8 Å². The minimum Gasteiger partial charge on any atom is -0.457 e. The van der Waals surface area contributed by atoms with Crippen LogP contribution < -0.4 is 10.1 Å². The number of nitrogens with one attached hydrogen (secondary N) is 1. The Kier molecular flexibility index (Phi) is 10.3. The first-order valence-electron chi connectivity index (χ1n) is 16.7. The maximum Gasteiger partial charge on any atom is 0.254 e. The third-order valence-corrected chi connectivity index (χ3v) is 9.43. The largest absolute Gasteiger partial charge is 0.457 e. The minimum absolute atomic E-state index is 0.00598. The summed E-state index contributed by atoms with van der Waals surface area (Å²) in [7, 11) is 0. The van der Waals surface area contributed by atoms with E-state index < -0.39 is 36.2 Å². The van der Waals surface area contributed by atoms with Crippen LogP contribution >= 0.6 is 0 Å². The Morgan fingerprint density at radius 1 is 1.06 bits per heavy atom. The molecular formula is C36H42F3N5O4. The van der Waals surface area contributed by atoms with E-state index in [1.165, 1.54) is 12.1 Å². The van der Waals surface area contributed by atoms with Crippen LogP contribution in [0.25, 0.3) is 11.3 Å². The molecular weight excluding hydrogens is 623 g/mol. The molecule has 48 heavy (non-hydrogen) atoms. The molecule has 2 amide bonds. The van der Waals surface area contributed by atoms with Crippen molar-refractivity contribution >= 4 is 11.8 Å². The van der Waals surface area contributed by atoms with Crippen LogP contribution in [0.5, 0.6) is 11.5 Å². The van der Waals surface area contributed by atoms with Gasteiger partial charge in [0.2, 0.25) is 5.91 Å². The Morgan fingerprint density at radius 3 is 2.50 bits per heavy atom. The molecule has 0 radical (unpaired) electrons. The number of amides is 2. The fourth-order valence-electron chi connectivity index (χ4n) is 6.68. The summed E-state index contributed by atoms with van der Waals surface area (Å²) in [6.07, 6.45) is -1.50. The maximum atomic E-state index is 15.6. The number of hydrogen-bond donors (Lipinski definition) is 1. The normalized spacial score (nSPS) is 25.0. The van der Waals surface area contributed by atoms with E-state index in [1.54, 1.807) is 21.9 Å². The number of benzene rings is 2. The number of carbonyl (C=O) groups is 2. The number of aromatic nitrogens is 2. The van der Waals surface area contributed by atoms with Crippen molar-refractivity contribution in [3.05, 3.63) is 71.2 Å². The van der Waals surface area contributed by atoms with Crippen molar-refractivity contribution in [2.24, 2.45) is 5.92 Å². The van der Waals surface area contributed by atoms with Crippen LogP contribution in [0.15, 0.2) is 48.5 Å². The average molecular weight is 666 g/mol. The number of likely N-dealkylation sites (tertiary alicyclic amines) is 2. The number of alkyl halides is 2. The first-order chi connectivity index (χ1) is 23.0. The van der Waals surface area contributed by atoms with Gasteiger partial charge < -0.3 is 19.7 Å². The number of carbonyl (C=O) groups excluding carboxylic acids is 2. The van der Waals surface area contributed by atoms with Gasteiger partial charge in [-0.25, -0.2) is 13.2 Å². The molecule has 3 aromatic rings. The van der Waals surface area contributed by atoms with Crippen LogP contribution in [0.4, 0.5) is 13.2 Å². The lowest BCUT2D eigenvalue weighted by molar-refractivity contribution is -0.128. The summed E-state index contributed by atoms with van der Waals surface area (Å²) >= 11 is 0. The molecule has 0 saturated carbocycles. The molecule has 3 aliphatic heterocycles. The molecule has 9 nitrogen and oxygen atoms in total. The number of hydrogen-bond acceptors (Lipinski definition) is 7. The predicted octanol–water partition coefficient (Wildman–Crippen LogP) is 5.84. The quantitative estimate of drug-likeness (QED) is 0.307. The van der Waals surface area contributed by atoms with Gasteiger partial charge >= 0.3 is 0 Å². The first-order valence-corrected chi connectivity index (χ1v) is 16.7. The lowest BCUT2D eigenvalue weighted by Gasteiger charge is -2.42. The van der Waals surface area contributed by atoms with Gasteiger partial charge in [-0.15, -0.1) is 0 Å². The molecule has 6 rings (SSSR count). The highest BCUT2D eigenvalue weighted by molar-refractivity contribution is 5.95. The number of halogens is 3. The summed E-state index contributed by atoms with van der Waals surface area (Å²) in [5, 5.41) is 11.3. The number of nitrogens with zero attached hydrogens (tertiary/aromatic N) is 4. The van der Waals surface area contributed by atoms with Crippen LogP contribution in [-0.2, 0) is 16.1 Å². The summed E-state index contributed by atoms with van der Waals surface area (Å²) in [6, 6.07) is 12.2. The molecule has 3 fully saturated rings. The zero-order valence-corrected chi connectivity index (χ0v) is 27.5. The van der Waals surface area contributed by atoms with E-state index in [-0.39, 0.29) is 55.2 Å². The van der Waals surface area contributed by atoms with Crippen LogP contribution in [0.3, 0.4) is 0 Å². The second kappa shape index (κ2) is 14.6. The Hall–Kier alpha value is -4.03. The van der Waals surface area contributed by atoms with Crippen LogP contribution in [0.2, 0.25) is 0 Å². The number of ether oxygens (including phenoxy) is 2. The van der Waals surface area contributed by atoms with E-state index in [9.17, 15) is 14.0 Å². The van der Waals surface area contributed by atoms with Gasteiger partial charge in [0.1, 0.15) is 29.7 Å². The van der Waals surface area contributed by atoms with E-state index >= 15 is 8.78 Å². The van der Waals surface area contributed by atoms with Gasteiger partial charge in [-0.1, -0.05) is 20.8 Å². The molecule has 5 atom stereocenters. The molecule has 4 heterocycles. The van der Waals surface area contributed by atoms with E-state index in [4.69, 9.17) is 9.47 Å².